The average Bonchev–Trinajstić information content (AvgIpc) is 2.84. The van der Waals surface area contributed by atoms with Crippen LogP contribution in [0.5, 0.6) is 11.6 Å². The van der Waals surface area contributed by atoms with E-state index in [1.807, 2.05) is 25.1 Å². The lowest BCUT2D eigenvalue weighted by atomic mass is 10.2. The summed E-state index contributed by atoms with van der Waals surface area (Å²) in [6, 6.07) is 21.2. The van der Waals surface area contributed by atoms with E-state index in [4.69, 9.17) is 21.6 Å². The van der Waals surface area contributed by atoms with Crippen molar-refractivity contribution in [2.24, 2.45) is 4.99 Å². The van der Waals surface area contributed by atoms with Crippen LogP contribution in [0.3, 0.4) is 0 Å². The fourth-order valence-electron chi connectivity index (χ4n) is 3.08. The number of halogens is 1. The number of nitriles is 1. The summed E-state index contributed by atoms with van der Waals surface area (Å²) >= 11 is 5.98. The van der Waals surface area contributed by atoms with E-state index in [2.05, 4.69) is 20.2 Å². The van der Waals surface area contributed by atoms with Crippen molar-refractivity contribution in [1.82, 2.24) is 19.7 Å². The van der Waals surface area contributed by atoms with Gasteiger partial charge in [-0.3, -0.25) is 9.36 Å². The first-order chi connectivity index (χ1) is 16.1. The van der Waals surface area contributed by atoms with Gasteiger partial charge >= 0.3 is 0 Å². The van der Waals surface area contributed by atoms with Crippen molar-refractivity contribution in [1.29, 1.82) is 5.26 Å². The Balaban J connectivity index is 1.65. The fourth-order valence-corrected chi connectivity index (χ4v) is 3.20. The third-order valence-electron chi connectivity index (χ3n) is 4.76. The number of hydrogen-bond acceptors (Lipinski definition) is 6. The van der Waals surface area contributed by atoms with Crippen LogP contribution in [0.4, 0.5) is 5.69 Å². The SMILES string of the molecule is CCc1n[nH]/c(=N\c2ccc(Oc3cccc(C#N)n3)cc2)n(Cc2ccc(Cl)cc2)c1=O. The van der Waals surface area contributed by atoms with Crippen molar-refractivity contribution in [3.8, 4) is 17.7 Å². The van der Waals surface area contributed by atoms with Gasteiger partial charge in [0.15, 0.2) is 0 Å². The Hall–Kier alpha value is -4.22. The summed E-state index contributed by atoms with van der Waals surface area (Å²) in [6.45, 7) is 2.20. The zero-order chi connectivity index (χ0) is 23.2. The lowest BCUT2D eigenvalue weighted by Crippen LogP contribution is -2.39. The summed E-state index contributed by atoms with van der Waals surface area (Å²) in [7, 11) is 0. The molecule has 0 atom stereocenters. The molecule has 2 aromatic heterocycles. The summed E-state index contributed by atoms with van der Waals surface area (Å²) in [4.78, 5) is 21.6. The Morgan fingerprint density at radius 2 is 1.88 bits per heavy atom. The first kappa shape index (κ1) is 22.0. The number of benzene rings is 2. The molecule has 9 heteroatoms. The fraction of sp³-hybridized carbons (Fsp3) is 0.125. The van der Waals surface area contributed by atoms with E-state index >= 15 is 0 Å². The van der Waals surface area contributed by atoms with Crippen molar-refractivity contribution in [2.75, 3.05) is 0 Å². The Morgan fingerprint density at radius 3 is 2.58 bits per heavy atom. The summed E-state index contributed by atoms with van der Waals surface area (Å²) in [5, 5.41) is 16.7. The maximum Gasteiger partial charge on any atom is 0.277 e. The summed E-state index contributed by atoms with van der Waals surface area (Å²) in [5.74, 6) is 0.863. The van der Waals surface area contributed by atoms with Gasteiger partial charge in [0.1, 0.15) is 23.2 Å². The summed E-state index contributed by atoms with van der Waals surface area (Å²) in [5.41, 5.74) is 2.34. The van der Waals surface area contributed by atoms with Gasteiger partial charge in [0.05, 0.1) is 12.2 Å². The quantitative estimate of drug-likeness (QED) is 0.467. The van der Waals surface area contributed by atoms with E-state index in [1.54, 1.807) is 59.2 Å². The summed E-state index contributed by atoms with van der Waals surface area (Å²) < 4.78 is 7.25. The minimum absolute atomic E-state index is 0.201. The number of nitrogens with zero attached hydrogens (tertiary/aromatic N) is 5. The third-order valence-corrected chi connectivity index (χ3v) is 5.01. The molecular weight excluding hydrogens is 440 g/mol. The van der Waals surface area contributed by atoms with Crippen LogP contribution in [0.15, 0.2) is 76.5 Å². The third kappa shape index (κ3) is 5.34. The number of aromatic amines is 1. The van der Waals surface area contributed by atoms with Crippen LogP contribution >= 0.6 is 11.6 Å². The van der Waals surface area contributed by atoms with Crippen molar-refractivity contribution in [2.45, 2.75) is 19.9 Å². The molecule has 2 aromatic carbocycles. The highest BCUT2D eigenvalue weighted by molar-refractivity contribution is 6.30. The van der Waals surface area contributed by atoms with Crippen LogP contribution in [0.1, 0.15) is 23.9 Å². The number of aromatic nitrogens is 4. The predicted octanol–water partition coefficient (Wildman–Crippen LogP) is 4.13. The molecule has 0 radical (unpaired) electrons. The van der Waals surface area contributed by atoms with Gasteiger partial charge in [0.25, 0.3) is 5.56 Å². The molecule has 164 valence electrons. The van der Waals surface area contributed by atoms with Crippen LogP contribution in [0, 0.1) is 11.3 Å². The Morgan fingerprint density at radius 1 is 1.12 bits per heavy atom. The largest absolute Gasteiger partial charge is 0.439 e. The zero-order valence-electron chi connectivity index (χ0n) is 17.7. The molecule has 8 nitrogen and oxygen atoms in total. The highest BCUT2D eigenvalue weighted by Gasteiger charge is 2.08. The lowest BCUT2D eigenvalue weighted by molar-refractivity contribution is 0.462. The highest BCUT2D eigenvalue weighted by Crippen LogP contribution is 2.22. The van der Waals surface area contributed by atoms with Crippen molar-refractivity contribution >= 4 is 17.3 Å². The molecule has 0 aliphatic rings. The molecule has 0 bridgehead atoms. The average molecular weight is 459 g/mol. The van der Waals surface area contributed by atoms with Crippen LogP contribution in [-0.4, -0.2) is 19.7 Å². The van der Waals surface area contributed by atoms with Crippen molar-refractivity contribution in [3.63, 3.8) is 0 Å². The molecule has 0 saturated carbocycles. The van der Waals surface area contributed by atoms with E-state index in [-0.39, 0.29) is 11.3 Å². The van der Waals surface area contributed by atoms with Gasteiger partial charge in [-0.25, -0.2) is 15.1 Å². The first-order valence-electron chi connectivity index (χ1n) is 10.2. The van der Waals surface area contributed by atoms with E-state index in [0.717, 1.165) is 5.56 Å². The highest BCUT2D eigenvalue weighted by atomic mass is 35.5. The Labute approximate surface area is 194 Å². The standard InChI is InChI=1S/C24H19ClN6O2/c1-2-21-23(32)31(15-16-6-8-17(25)9-7-16)24(30-29-21)28-18-10-12-20(13-11-18)33-22-5-3-4-19(14-26)27-22/h3-13H,2,15H2,1H3,(H,28,30). The molecule has 2 heterocycles. The second kappa shape index (κ2) is 9.94. The van der Waals surface area contributed by atoms with Crippen molar-refractivity contribution < 1.29 is 4.74 Å². The van der Waals surface area contributed by atoms with Crippen molar-refractivity contribution in [3.05, 3.63) is 105 Å². The Bertz CT molecular complexity index is 1430. The van der Waals surface area contributed by atoms with Gasteiger partial charge in [0, 0.05) is 11.1 Å². The summed E-state index contributed by atoms with van der Waals surface area (Å²) in [6.07, 6.45) is 0.503. The van der Waals surface area contributed by atoms with Crippen LogP contribution in [0.25, 0.3) is 0 Å². The second-order valence-corrected chi connectivity index (χ2v) is 7.48. The lowest BCUT2D eigenvalue weighted by Gasteiger charge is -2.09. The van der Waals surface area contributed by atoms with Gasteiger partial charge in [-0.2, -0.15) is 10.4 Å². The minimum Gasteiger partial charge on any atom is -0.439 e. The van der Waals surface area contributed by atoms with E-state index < -0.39 is 0 Å². The molecule has 0 aliphatic carbocycles. The molecule has 1 N–H and O–H groups in total. The maximum atomic E-state index is 12.9. The van der Waals surface area contributed by atoms with Gasteiger partial charge in [0.2, 0.25) is 11.5 Å². The topological polar surface area (TPSA) is 109 Å². The van der Waals surface area contributed by atoms with Gasteiger partial charge in [-0.05, 0) is 54.4 Å². The normalized spacial score (nSPS) is 11.2. The van der Waals surface area contributed by atoms with Gasteiger partial charge in [-0.1, -0.05) is 36.7 Å². The molecule has 0 aliphatic heterocycles. The number of H-pyrrole nitrogens is 1. The smallest absolute Gasteiger partial charge is 0.277 e. The first-order valence-corrected chi connectivity index (χ1v) is 10.6. The number of hydrogen-bond donors (Lipinski definition) is 1. The van der Waals surface area contributed by atoms with Crippen LogP contribution in [-0.2, 0) is 13.0 Å². The van der Waals surface area contributed by atoms with Crippen LogP contribution < -0.4 is 15.9 Å². The number of pyridine rings is 1. The number of ether oxygens (including phenoxy) is 1. The maximum absolute atomic E-state index is 12.9. The molecule has 0 amide bonds. The molecule has 33 heavy (non-hydrogen) atoms. The van der Waals surface area contributed by atoms with E-state index in [0.29, 0.717) is 46.6 Å². The predicted molar refractivity (Wildman–Crippen MR) is 123 cm³/mol. The second-order valence-electron chi connectivity index (χ2n) is 7.05. The molecule has 0 spiro atoms. The van der Waals surface area contributed by atoms with Gasteiger partial charge in [-0.15, -0.1) is 0 Å². The number of rotatable bonds is 6. The Kier molecular flexibility index (Phi) is 6.62. The molecular formula is C24H19ClN6O2. The van der Waals surface area contributed by atoms with E-state index in [9.17, 15) is 4.79 Å². The van der Waals surface area contributed by atoms with E-state index in [1.165, 1.54) is 0 Å². The molecule has 4 aromatic rings. The van der Waals surface area contributed by atoms with Crippen LogP contribution in [0.2, 0.25) is 5.02 Å². The van der Waals surface area contributed by atoms with Gasteiger partial charge < -0.3 is 4.74 Å². The minimum atomic E-state index is -0.201. The number of aryl methyl sites for hydroxylation is 1. The zero-order valence-corrected chi connectivity index (χ0v) is 18.5. The molecule has 0 unspecified atom stereocenters. The number of nitrogens with one attached hydrogen (secondary N) is 1. The monoisotopic (exact) mass is 458 g/mol. The molecule has 4 rings (SSSR count). The molecule has 0 saturated heterocycles. The molecule has 0 fully saturated rings.